The Morgan fingerprint density at radius 2 is 1.93 bits per heavy atom. The Morgan fingerprint density at radius 1 is 1.36 bits per heavy atom. The molecule has 1 aromatic rings. The van der Waals surface area contributed by atoms with Gasteiger partial charge in [-0.1, -0.05) is 41.4 Å². The molecule has 0 aromatic heterocycles. The Kier molecular flexibility index (Phi) is 4.01. The third-order valence-corrected chi connectivity index (χ3v) is 3.00. The monoisotopic (exact) mass is 276 g/mol. The van der Waals surface area contributed by atoms with Crippen LogP contribution in [0.5, 0.6) is 0 Å². The minimum atomic E-state index is -1.54. The Morgan fingerprint density at radius 3 is 2.29 bits per heavy atom. The summed E-state index contributed by atoms with van der Waals surface area (Å²) in [6, 6.07) is 3.61. The second-order valence-electron chi connectivity index (χ2n) is 3.43. The summed E-state index contributed by atoms with van der Waals surface area (Å²) in [7, 11) is -1.54. The van der Waals surface area contributed by atoms with Crippen LogP contribution in [0.15, 0.2) is 16.6 Å². The number of rotatable bonds is 2. The summed E-state index contributed by atoms with van der Waals surface area (Å²) in [6.45, 7) is 4.10. The average molecular weight is 277 g/mol. The molecule has 0 amide bonds. The molecule has 2 N–H and O–H groups in total. The van der Waals surface area contributed by atoms with Crippen LogP contribution in [-0.4, -0.2) is 17.2 Å². The largest absolute Gasteiger partial charge is 0.491 e. The van der Waals surface area contributed by atoms with E-state index in [-0.39, 0.29) is 0 Å². The van der Waals surface area contributed by atoms with E-state index in [2.05, 4.69) is 15.9 Å². The Bertz CT molecular complexity index is 319. The van der Waals surface area contributed by atoms with Gasteiger partial charge in [0.15, 0.2) is 0 Å². The molecule has 0 spiro atoms. The minimum absolute atomic E-state index is 0.316. The van der Waals surface area contributed by atoms with Crippen molar-refractivity contribution in [1.82, 2.24) is 0 Å². The number of hydrogen-bond donors (Lipinski definition) is 2. The van der Waals surface area contributed by atoms with Crippen molar-refractivity contribution in [2.75, 3.05) is 0 Å². The molecule has 0 unspecified atom stereocenters. The van der Waals surface area contributed by atoms with E-state index >= 15 is 0 Å². The molecule has 0 atom stereocenters. The molecule has 0 saturated heterocycles. The van der Waals surface area contributed by atoms with Crippen LogP contribution in [-0.2, 0) is 0 Å². The topological polar surface area (TPSA) is 40.5 Å². The summed E-state index contributed by atoms with van der Waals surface area (Å²) in [6.07, 6.45) is 0. The first-order valence-corrected chi connectivity index (χ1v) is 5.45. The normalized spacial score (nSPS) is 10.8. The molecule has 76 valence electrons. The highest BCUT2D eigenvalue weighted by atomic mass is 79.9. The maximum atomic E-state index is 9.06. The zero-order chi connectivity index (χ0) is 10.9. The average Bonchev–Trinajstić information content (AvgIpc) is 2.01. The first-order valence-electron chi connectivity index (χ1n) is 4.28. The molecule has 5 heteroatoms. The third kappa shape index (κ3) is 2.51. The Labute approximate surface area is 97.2 Å². The SMILES string of the molecule is CC(C)c1cc(Cl)c(B(O)O)c(Br)c1. The van der Waals surface area contributed by atoms with E-state index in [0.717, 1.165) is 5.56 Å². The number of halogens is 2. The smallest absolute Gasteiger partial charge is 0.423 e. The van der Waals surface area contributed by atoms with Crippen molar-refractivity contribution in [1.29, 1.82) is 0 Å². The number of hydrogen-bond acceptors (Lipinski definition) is 2. The summed E-state index contributed by atoms with van der Waals surface area (Å²) < 4.78 is 0.628. The lowest BCUT2D eigenvalue weighted by atomic mass is 9.79. The predicted molar refractivity (Wildman–Crippen MR) is 63.1 cm³/mol. The minimum Gasteiger partial charge on any atom is -0.423 e. The summed E-state index contributed by atoms with van der Waals surface area (Å²) in [5.74, 6) is 0.355. The van der Waals surface area contributed by atoms with Crippen molar-refractivity contribution in [3.8, 4) is 0 Å². The van der Waals surface area contributed by atoms with Crippen LogP contribution >= 0.6 is 27.5 Å². The van der Waals surface area contributed by atoms with Crippen LogP contribution in [0.2, 0.25) is 5.02 Å². The van der Waals surface area contributed by atoms with Gasteiger partial charge in [0.1, 0.15) is 0 Å². The van der Waals surface area contributed by atoms with Crippen LogP contribution in [0, 0.1) is 0 Å². The quantitative estimate of drug-likeness (QED) is 0.811. The van der Waals surface area contributed by atoms with Crippen LogP contribution in [0.4, 0.5) is 0 Å². The van der Waals surface area contributed by atoms with Gasteiger partial charge >= 0.3 is 7.12 Å². The van der Waals surface area contributed by atoms with Gasteiger partial charge in [-0.25, -0.2) is 0 Å². The van der Waals surface area contributed by atoms with Crippen LogP contribution in [0.3, 0.4) is 0 Å². The van der Waals surface area contributed by atoms with Gasteiger partial charge < -0.3 is 10.0 Å². The van der Waals surface area contributed by atoms with E-state index in [1.165, 1.54) is 0 Å². The molecule has 1 aromatic carbocycles. The zero-order valence-electron chi connectivity index (χ0n) is 7.96. The van der Waals surface area contributed by atoms with E-state index in [1.54, 1.807) is 6.07 Å². The van der Waals surface area contributed by atoms with Crippen LogP contribution in [0.25, 0.3) is 0 Å². The molecule has 0 aliphatic heterocycles. The van der Waals surface area contributed by atoms with Gasteiger partial charge in [0.2, 0.25) is 0 Å². The highest BCUT2D eigenvalue weighted by Crippen LogP contribution is 2.23. The summed E-state index contributed by atoms with van der Waals surface area (Å²) in [4.78, 5) is 0. The van der Waals surface area contributed by atoms with E-state index in [9.17, 15) is 0 Å². The fourth-order valence-electron chi connectivity index (χ4n) is 1.18. The molecular weight excluding hydrogens is 266 g/mol. The molecule has 0 aliphatic rings. The fraction of sp³-hybridized carbons (Fsp3) is 0.333. The summed E-state index contributed by atoms with van der Waals surface area (Å²) in [5.41, 5.74) is 1.38. The molecule has 0 radical (unpaired) electrons. The van der Waals surface area contributed by atoms with Gasteiger partial charge in [0.05, 0.1) is 0 Å². The predicted octanol–water partition coefficient (Wildman–Crippen LogP) is 1.91. The molecule has 14 heavy (non-hydrogen) atoms. The lowest BCUT2D eigenvalue weighted by Crippen LogP contribution is -2.32. The first kappa shape index (κ1) is 12.0. The van der Waals surface area contributed by atoms with Gasteiger partial charge in [-0.15, -0.1) is 0 Å². The second-order valence-corrected chi connectivity index (χ2v) is 4.69. The molecule has 0 aliphatic carbocycles. The van der Waals surface area contributed by atoms with Crippen molar-refractivity contribution in [2.24, 2.45) is 0 Å². The lowest BCUT2D eigenvalue weighted by Gasteiger charge is -2.11. The molecule has 0 saturated carbocycles. The summed E-state index contributed by atoms with van der Waals surface area (Å²) >= 11 is 9.19. The van der Waals surface area contributed by atoms with Gasteiger partial charge in [0, 0.05) is 15.0 Å². The third-order valence-electron chi connectivity index (χ3n) is 2.03. The molecule has 0 fully saturated rings. The summed E-state index contributed by atoms with van der Waals surface area (Å²) in [5, 5.41) is 18.5. The van der Waals surface area contributed by atoms with Gasteiger partial charge in [-0.3, -0.25) is 0 Å². The van der Waals surface area contributed by atoms with Gasteiger partial charge in [0.25, 0.3) is 0 Å². The zero-order valence-corrected chi connectivity index (χ0v) is 10.3. The highest BCUT2D eigenvalue weighted by Gasteiger charge is 2.20. The first-order chi connectivity index (χ1) is 6.43. The molecule has 2 nitrogen and oxygen atoms in total. The van der Waals surface area contributed by atoms with E-state index in [4.69, 9.17) is 21.6 Å². The highest BCUT2D eigenvalue weighted by molar-refractivity contribution is 9.10. The molecule has 0 bridgehead atoms. The molecular formula is C9H11BBrClO2. The Balaban J connectivity index is 3.25. The van der Waals surface area contributed by atoms with Crippen LogP contribution in [0.1, 0.15) is 25.3 Å². The molecule has 0 heterocycles. The lowest BCUT2D eigenvalue weighted by molar-refractivity contribution is 0.425. The fourth-order valence-corrected chi connectivity index (χ4v) is 2.31. The second kappa shape index (κ2) is 4.66. The van der Waals surface area contributed by atoms with Gasteiger partial charge in [-0.05, 0) is 23.6 Å². The maximum absolute atomic E-state index is 9.06. The van der Waals surface area contributed by atoms with Crippen molar-refractivity contribution in [3.05, 3.63) is 27.2 Å². The van der Waals surface area contributed by atoms with Crippen molar-refractivity contribution in [2.45, 2.75) is 19.8 Å². The van der Waals surface area contributed by atoms with Crippen molar-refractivity contribution in [3.63, 3.8) is 0 Å². The Hall–Kier alpha value is -0.0251. The van der Waals surface area contributed by atoms with Crippen molar-refractivity contribution >= 4 is 40.1 Å². The maximum Gasteiger partial charge on any atom is 0.491 e. The molecule has 1 rings (SSSR count). The van der Waals surface area contributed by atoms with E-state index in [1.807, 2.05) is 19.9 Å². The number of benzene rings is 1. The van der Waals surface area contributed by atoms with Crippen molar-refractivity contribution < 1.29 is 10.0 Å². The van der Waals surface area contributed by atoms with Gasteiger partial charge in [-0.2, -0.15) is 0 Å². The van der Waals surface area contributed by atoms with E-state index in [0.29, 0.717) is 20.9 Å². The van der Waals surface area contributed by atoms with E-state index < -0.39 is 7.12 Å². The standard InChI is InChI=1S/C9H11BBrClO2/c1-5(2)6-3-7(11)9(10(13)14)8(12)4-6/h3-5,13-14H,1-2H3. The van der Waals surface area contributed by atoms with Crippen LogP contribution < -0.4 is 5.46 Å².